The molecule has 4 heteroatoms. The van der Waals surface area contributed by atoms with Gasteiger partial charge in [-0.15, -0.1) is 0 Å². The third-order valence-corrected chi connectivity index (χ3v) is 4.00. The first kappa shape index (κ1) is 12.8. The average molecular weight is 259 g/mol. The van der Waals surface area contributed by atoms with Crippen LogP contribution in [-0.4, -0.2) is 23.9 Å². The Morgan fingerprint density at radius 3 is 2.76 bits per heavy atom. The van der Waals surface area contributed by atoms with E-state index in [9.17, 15) is 9.50 Å². The van der Waals surface area contributed by atoms with E-state index in [1.54, 1.807) is 7.11 Å². The molecule has 0 aromatic heterocycles. The van der Waals surface area contributed by atoms with Crippen LogP contribution in [0.1, 0.15) is 24.8 Å². The summed E-state index contributed by atoms with van der Waals surface area (Å²) in [7, 11) is 1.61. The molecule has 1 atom stereocenters. The smallest absolute Gasteiger partial charge is 0.123 e. The molecule has 1 aliphatic carbocycles. The number of aliphatic hydroxyl groups excluding tert-OH is 1. The molecule has 1 aliphatic rings. The van der Waals surface area contributed by atoms with Crippen molar-refractivity contribution in [3.63, 3.8) is 0 Å². The first-order chi connectivity index (χ1) is 8.07. The van der Waals surface area contributed by atoms with Gasteiger partial charge in [0.1, 0.15) is 5.82 Å². The Morgan fingerprint density at radius 2 is 2.24 bits per heavy atom. The number of benzene rings is 1. The van der Waals surface area contributed by atoms with E-state index in [-0.39, 0.29) is 5.82 Å². The molecule has 0 bridgehead atoms. The maximum absolute atomic E-state index is 13.1. The standard InChI is InChI=1S/C13H16ClFO2/c1-17-13(5-2-6-13)12(16)8-9-7-10(15)3-4-11(9)14/h3-4,7,12,16H,2,5-6,8H2,1H3. The van der Waals surface area contributed by atoms with Crippen LogP contribution in [0.25, 0.3) is 0 Å². The van der Waals surface area contributed by atoms with Crippen molar-refractivity contribution in [3.05, 3.63) is 34.6 Å². The second-order valence-electron chi connectivity index (χ2n) is 4.58. The van der Waals surface area contributed by atoms with Gasteiger partial charge in [0, 0.05) is 18.6 Å². The zero-order valence-corrected chi connectivity index (χ0v) is 10.5. The number of ether oxygens (including phenoxy) is 1. The third kappa shape index (κ3) is 2.46. The van der Waals surface area contributed by atoms with Crippen molar-refractivity contribution in [1.82, 2.24) is 0 Å². The predicted molar refractivity (Wildman–Crippen MR) is 64.7 cm³/mol. The van der Waals surface area contributed by atoms with Crippen molar-refractivity contribution in [1.29, 1.82) is 0 Å². The number of rotatable bonds is 4. The largest absolute Gasteiger partial charge is 0.390 e. The van der Waals surface area contributed by atoms with Gasteiger partial charge in [0.25, 0.3) is 0 Å². The van der Waals surface area contributed by atoms with Gasteiger partial charge in [-0.05, 0) is 43.0 Å². The Hall–Kier alpha value is -0.640. The Bertz CT molecular complexity index is 399. The van der Waals surface area contributed by atoms with E-state index in [4.69, 9.17) is 16.3 Å². The molecular weight excluding hydrogens is 243 g/mol. The Balaban J connectivity index is 2.12. The number of hydrogen-bond acceptors (Lipinski definition) is 2. The van der Waals surface area contributed by atoms with Crippen molar-refractivity contribution in [2.75, 3.05) is 7.11 Å². The van der Waals surface area contributed by atoms with Crippen LogP contribution in [0.3, 0.4) is 0 Å². The summed E-state index contributed by atoms with van der Waals surface area (Å²) in [5.74, 6) is -0.336. The highest BCUT2D eigenvalue weighted by Crippen LogP contribution is 2.39. The van der Waals surface area contributed by atoms with Crippen molar-refractivity contribution >= 4 is 11.6 Å². The molecular formula is C13H16ClFO2. The Kier molecular flexibility index (Phi) is 3.71. The van der Waals surface area contributed by atoms with E-state index in [1.807, 2.05) is 0 Å². The lowest BCUT2D eigenvalue weighted by atomic mass is 9.74. The maximum Gasteiger partial charge on any atom is 0.123 e. The first-order valence-corrected chi connectivity index (χ1v) is 6.12. The van der Waals surface area contributed by atoms with E-state index in [2.05, 4.69) is 0 Å². The Morgan fingerprint density at radius 1 is 1.53 bits per heavy atom. The molecule has 0 spiro atoms. The highest BCUT2D eigenvalue weighted by Gasteiger charge is 2.43. The van der Waals surface area contributed by atoms with Crippen LogP contribution in [0, 0.1) is 5.82 Å². The first-order valence-electron chi connectivity index (χ1n) is 5.74. The lowest BCUT2D eigenvalue weighted by molar-refractivity contribution is -0.148. The molecule has 17 heavy (non-hydrogen) atoms. The normalized spacial score (nSPS) is 19.8. The van der Waals surface area contributed by atoms with Crippen LogP contribution in [0.5, 0.6) is 0 Å². The minimum Gasteiger partial charge on any atom is -0.390 e. The zero-order chi connectivity index (χ0) is 12.5. The molecule has 1 N–H and O–H groups in total. The molecule has 1 unspecified atom stereocenters. The molecule has 0 aliphatic heterocycles. The van der Waals surface area contributed by atoms with Gasteiger partial charge >= 0.3 is 0 Å². The minimum absolute atomic E-state index is 0.324. The summed E-state index contributed by atoms with van der Waals surface area (Å²) in [6.45, 7) is 0. The van der Waals surface area contributed by atoms with E-state index >= 15 is 0 Å². The van der Waals surface area contributed by atoms with E-state index in [0.29, 0.717) is 17.0 Å². The van der Waals surface area contributed by atoms with Gasteiger partial charge in [0.15, 0.2) is 0 Å². The summed E-state index contributed by atoms with van der Waals surface area (Å²) in [6, 6.07) is 4.19. The number of halogens is 2. The summed E-state index contributed by atoms with van der Waals surface area (Å²) < 4.78 is 18.5. The van der Waals surface area contributed by atoms with Crippen LogP contribution < -0.4 is 0 Å². The number of aliphatic hydroxyl groups is 1. The fourth-order valence-corrected chi connectivity index (χ4v) is 2.49. The van der Waals surface area contributed by atoms with E-state index < -0.39 is 11.7 Å². The second-order valence-corrected chi connectivity index (χ2v) is 4.99. The van der Waals surface area contributed by atoms with Crippen LogP contribution in [-0.2, 0) is 11.2 Å². The molecule has 0 amide bonds. The summed E-state index contributed by atoms with van der Waals surface area (Å²) in [4.78, 5) is 0. The minimum atomic E-state index is -0.638. The molecule has 1 aromatic rings. The van der Waals surface area contributed by atoms with Crippen LogP contribution in [0.4, 0.5) is 4.39 Å². The van der Waals surface area contributed by atoms with Gasteiger partial charge in [0.05, 0.1) is 11.7 Å². The van der Waals surface area contributed by atoms with Crippen LogP contribution in [0.15, 0.2) is 18.2 Å². The molecule has 0 heterocycles. The van der Waals surface area contributed by atoms with E-state index in [0.717, 1.165) is 19.3 Å². The summed E-state index contributed by atoms with van der Waals surface area (Å²) in [5, 5.41) is 10.7. The van der Waals surface area contributed by atoms with Gasteiger partial charge in [-0.3, -0.25) is 0 Å². The summed E-state index contributed by atoms with van der Waals surface area (Å²) >= 11 is 5.98. The van der Waals surface area contributed by atoms with Gasteiger partial charge in [-0.1, -0.05) is 11.6 Å². The van der Waals surface area contributed by atoms with Crippen molar-refractivity contribution in [2.45, 2.75) is 37.4 Å². The van der Waals surface area contributed by atoms with Crippen molar-refractivity contribution in [3.8, 4) is 0 Å². The quantitative estimate of drug-likeness (QED) is 0.900. The summed E-state index contributed by atoms with van der Waals surface area (Å²) in [6.07, 6.45) is 2.43. The molecule has 1 aromatic carbocycles. The van der Waals surface area contributed by atoms with Gasteiger partial charge in [-0.2, -0.15) is 0 Å². The zero-order valence-electron chi connectivity index (χ0n) is 9.75. The predicted octanol–water partition coefficient (Wildman–Crippen LogP) is 2.95. The summed E-state index contributed by atoms with van der Waals surface area (Å²) in [5.41, 5.74) is 0.165. The highest BCUT2D eigenvalue weighted by atomic mass is 35.5. The SMILES string of the molecule is COC1(C(O)Cc2cc(F)ccc2Cl)CCC1. The van der Waals surface area contributed by atoms with Gasteiger partial charge in [0.2, 0.25) is 0 Å². The molecule has 0 radical (unpaired) electrons. The monoisotopic (exact) mass is 258 g/mol. The molecule has 1 fully saturated rings. The molecule has 0 saturated heterocycles. The van der Waals surface area contributed by atoms with Crippen molar-refractivity contribution in [2.24, 2.45) is 0 Å². The second kappa shape index (κ2) is 4.92. The van der Waals surface area contributed by atoms with E-state index in [1.165, 1.54) is 18.2 Å². The molecule has 2 nitrogen and oxygen atoms in total. The molecule has 2 rings (SSSR count). The topological polar surface area (TPSA) is 29.5 Å². The number of hydrogen-bond donors (Lipinski definition) is 1. The number of methoxy groups -OCH3 is 1. The maximum atomic E-state index is 13.1. The highest BCUT2D eigenvalue weighted by molar-refractivity contribution is 6.31. The molecule has 1 saturated carbocycles. The van der Waals surface area contributed by atoms with Gasteiger partial charge < -0.3 is 9.84 Å². The molecule has 94 valence electrons. The lowest BCUT2D eigenvalue weighted by Crippen LogP contribution is -2.50. The van der Waals surface area contributed by atoms with Crippen LogP contribution >= 0.6 is 11.6 Å². The fourth-order valence-electron chi connectivity index (χ4n) is 2.29. The average Bonchev–Trinajstić information content (AvgIpc) is 2.23. The fraction of sp³-hybridized carbons (Fsp3) is 0.538. The Labute approximate surface area is 105 Å². The lowest BCUT2D eigenvalue weighted by Gasteiger charge is -2.44. The van der Waals surface area contributed by atoms with Gasteiger partial charge in [-0.25, -0.2) is 4.39 Å². The third-order valence-electron chi connectivity index (χ3n) is 3.63. The van der Waals surface area contributed by atoms with Crippen molar-refractivity contribution < 1.29 is 14.2 Å². The van der Waals surface area contributed by atoms with Crippen LogP contribution in [0.2, 0.25) is 5.02 Å².